The molecule has 16 heavy (non-hydrogen) atoms. The van der Waals surface area contributed by atoms with Crippen LogP contribution < -0.4 is 5.32 Å². The molecule has 0 rings (SSSR count). The van der Waals surface area contributed by atoms with Gasteiger partial charge in [-0.05, 0) is 13.8 Å². The summed E-state index contributed by atoms with van der Waals surface area (Å²) in [6.45, 7) is 2.22. The van der Waals surface area contributed by atoms with Gasteiger partial charge in [0.15, 0.2) is 0 Å². The number of nitrogens with one attached hydrogen (secondary N) is 1. The number of hydrogen-bond donors (Lipinski definition) is 2. The van der Waals surface area contributed by atoms with E-state index in [0.717, 1.165) is 10.6 Å². The van der Waals surface area contributed by atoms with Gasteiger partial charge in [0.05, 0.1) is 12.8 Å². The van der Waals surface area contributed by atoms with Crippen molar-refractivity contribution in [3.8, 4) is 0 Å². The maximum Gasteiger partial charge on any atom is 0.328 e. The minimum Gasteiger partial charge on any atom is -0.480 e. The molecule has 0 aromatic rings. The summed E-state index contributed by atoms with van der Waals surface area (Å²) >= 11 is 0. The summed E-state index contributed by atoms with van der Waals surface area (Å²) in [7, 11) is -2.21. The molecule has 94 valence electrons. The molecule has 0 saturated heterocycles. The molecule has 0 aliphatic rings. The van der Waals surface area contributed by atoms with E-state index in [9.17, 15) is 18.0 Å². The summed E-state index contributed by atoms with van der Waals surface area (Å²) in [6, 6.07) is 0. The predicted octanol–water partition coefficient (Wildman–Crippen LogP) is -1.14. The Kier molecular flexibility index (Phi) is 4.45. The topological polar surface area (TPSA) is 104 Å². The van der Waals surface area contributed by atoms with Crippen molar-refractivity contribution in [3.63, 3.8) is 0 Å². The van der Waals surface area contributed by atoms with Gasteiger partial charge in [-0.15, -0.1) is 0 Å². The Labute approximate surface area is 94.5 Å². The quantitative estimate of drug-likeness (QED) is 0.643. The molecule has 7 nitrogen and oxygen atoms in total. The van der Waals surface area contributed by atoms with Crippen molar-refractivity contribution in [1.82, 2.24) is 9.62 Å². The Bertz CT molecular complexity index is 387. The second-order valence-electron chi connectivity index (χ2n) is 4.00. The van der Waals surface area contributed by atoms with Crippen molar-refractivity contribution >= 4 is 21.9 Å². The van der Waals surface area contributed by atoms with Crippen molar-refractivity contribution in [2.24, 2.45) is 0 Å². The highest BCUT2D eigenvalue weighted by Crippen LogP contribution is 2.02. The van der Waals surface area contributed by atoms with E-state index >= 15 is 0 Å². The number of sulfonamides is 1. The maximum absolute atomic E-state index is 11.3. The lowest BCUT2D eigenvalue weighted by Crippen LogP contribution is -2.52. The minimum atomic E-state index is -3.45. The molecule has 0 fully saturated rings. The molecule has 0 aliphatic heterocycles. The van der Waals surface area contributed by atoms with Gasteiger partial charge in [0.1, 0.15) is 5.54 Å². The van der Waals surface area contributed by atoms with Crippen molar-refractivity contribution in [2.45, 2.75) is 19.4 Å². The largest absolute Gasteiger partial charge is 0.480 e. The molecule has 0 aromatic heterocycles. The highest BCUT2D eigenvalue weighted by atomic mass is 32.2. The van der Waals surface area contributed by atoms with E-state index in [4.69, 9.17) is 5.11 Å². The van der Waals surface area contributed by atoms with Crippen LogP contribution in [0.5, 0.6) is 0 Å². The number of likely N-dealkylation sites (N-methyl/N-ethyl adjacent to an activating group) is 1. The number of hydrogen-bond acceptors (Lipinski definition) is 4. The third-order valence-corrected chi connectivity index (χ3v) is 3.18. The minimum absolute atomic E-state index is 0.407. The van der Waals surface area contributed by atoms with E-state index < -0.39 is 34.0 Å². The summed E-state index contributed by atoms with van der Waals surface area (Å²) in [4.78, 5) is 22.0. The van der Waals surface area contributed by atoms with E-state index in [0.29, 0.717) is 0 Å². The van der Waals surface area contributed by atoms with Crippen molar-refractivity contribution in [2.75, 3.05) is 19.8 Å². The third kappa shape index (κ3) is 4.58. The van der Waals surface area contributed by atoms with Gasteiger partial charge in [0.25, 0.3) is 0 Å². The van der Waals surface area contributed by atoms with E-state index in [1.807, 2.05) is 0 Å². The van der Waals surface area contributed by atoms with E-state index in [1.54, 1.807) is 0 Å². The number of nitrogens with zero attached hydrogens (tertiary/aromatic N) is 1. The first-order valence-corrected chi connectivity index (χ1v) is 6.27. The van der Waals surface area contributed by atoms with Crippen LogP contribution in [0.25, 0.3) is 0 Å². The lowest BCUT2D eigenvalue weighted by atomic mass is 10.1. The summed E-state index contributed by atoms with van der Waals surface area (Å²) in [5.74, 6) is -1.86. The Morgan fingerprint density at radius 2 is 1.81 bits per heavy atom. The van der Waals surface area contributed by atoms with Gasteiger partial charge in [-0.25, -0.2) is 13.2 Å². The maximum atomic E-state index is 11.3. The molecule has 8 heteroatoms. The normalized spacial score (nSPS) is 12.6. The van der Waals surface area contributed by atoms with Crippen LogP contribution in [0.1, 0.15) is 13.8 Å². The lowest BCUT2D eigenvalue weighted by molar-refractivity contribution is -0.146. The van der Waals surface area contributed by atoms with Gasteiger partial charge in [0.2, 0.25) is 15.9 Å². The van der Waals surface area contributed by atoms with Crippen LogP contribution in [-0.2, 0) is 19.6 Å². The van der Waals surface area contributed by atoms with Gasteiger partial charge < -0.3 is 10.4 Å². The average Bonchev–Trinajstić information content (AvgIpc) is 2.00. The number of amides is 1. The van der Waals surface area contributed by atoms with Crippen LogP contribution >= 0.6 is 0 Å². The summed E-state index contributed by atoms with van der Waals surface area (Å²) in [5.41, 5.74) is -1.42. The number of carboxylic acids is 1. The molecular formula is C8H16N2O5S. The first-order chi connectivity index (χ1) is 6.97. The monoisotopic (exact) mass is 252 g/mol. The molecule has 0 unspecified atom stereocenters. The lowest BCUT2D eigenvalue weighted by Gasteiger charge is -2.22. The van der Waals surface area contributed by atoms with Crippen molar-refractivity contribution < 1.29 is 23.1 Å². The molecular weight excluding hydrogens is 236 g/mol. The first-order valence-electron chi connectivity index (χ1n) is 4.42. The molecule has 0 radical (unpaired) electrons. The fraction of sp³-hybridized carbons (Fsp3) is 0.750. The highest BCUT2D eigenvalue weighted by Gasteiger charge is 2.29. The first kappa shape index (κ1) is 14.8. The predicted molar refractivity (Wildman–Crippen MR) is 57.3 cm³/mol. The Morgan fingerprint density at radius 1 is 1.38 bits per heavy atom. The summed E-state index contributed by atoms with van der Waals surface area (Å²) in [5, 5.41) is 11.0. The number of carbonyl (C=O) groups is 2. The fourth-order valence-corrected chi connectivity index (χ4v) is 1.11. The summed E-state index contributed by atoms with van der Waals surface area (Å²) in [6.07, 6.45) is 0.961. The zero-order valence-corrected chi connectivity index (χ0v) is 10.5. The van der Waals surface area contributed by atoms with Crippen LogP contribution in [0.3, 0.4) is 0 Å². The molecule has 0 aromatic carbocycles. The molecule has 0 atom stereocenters. The van der Waals surface area contributed by atoms with Crippen molar-refractivity contribution in [3.05, 3.63) is 0 Å². The van der Waals surface area contributed by atoms with Crippen LogP contribution in [0.4, 0.5) is 0 Å². The van der Waals surface area contributed by atoms with Gasteiger partial charge in [-0.1, -0.05) is 0 Å². The van der Waals surface area contributed by atoms with E-state index in [1.165, 1.54) is 20.9 Å². The van der Waals surface area contributed by atoms with Gasteiger partial charge >= 0.3 is 5.97 Å². The zero-order valence-electron chi connectivity index (χ0n) is 9.64. The standard InChI is InChI=1S/C8H16N2O5S/c1-8(2,7(12)13)9-6(11)5-10(3)16(4,14)15/h5H2,1-4H3,(H,9,11)(H,12,13). The zero-order chi connectivity index (χ0) is 13.1. The van der Waals surface area contributed by atoms with Crippen LogP contribution in [0, 0.1) is 0 Å². The molecule has 0 spiro atoms. The number of carboxylic acid groups (broad SMARTS) is 1. The molecule has 0 saturated carbocycles. The second kappa shape index (κ2) is 4.79. The van der Waals surface area contributed by atoms with Gasteiger partial charge in [-0.3, -0.25) is 4.79 Å². The Balaban J connectivity index is 4.48. The molecule has 0 aliphatic carbocycles. The highest BCUT2D eigenvalue weighted by molar-refractivity contribution is 7.88. The molecule has 2 N–H and O–H groups in total. The van der Waals surface area contributed by atoms with Crippen LogP contribution in [-0.4, -0.2) is 55.1 Å². The van der Waals surface area contributed by atoms with E-state index in [-0.39, 0.29) is 0 Å². The Hall–Kier alpha value is -1.15. The molecule has 0 bridgehead atoms. The fourth-order valence-electron chi connectivity index (χ4n) is 0.761. The number of aliphatic carboxylic acids is 1. The summed E-state index contributed by atoms with van der Waals surface area (Å²) < 4.78 is 22.8. The van der Waals surface area contributed by atoms with Crippen LogP contribution in [0.2, 0.25) is 0 Å². The van der Waals surface area contributed by atoms with Gasteiger partial charge in [0, 0.05) is 7.05 Å². The van der Waals surface area contributed by atoms with E-state index in [2.05, 4.69) is 5.32 Å². The molecule has 0 heterocycles. The number of carbonyl (C=O) groups excluding carboxylic acids is 1. The van der Waals surface area contributed by atoms with Crippen LogP contribution in [0.15, 0.2) is 0 Å². The smallest absolute Gasteiger partial charge is 0.328 e. The SMILES string of the molecule is CN(CC(=O)NC(C)(C)C(=O)O)S(C)(=O)=O. The third-order valence-electron chi connectivity index (χ3n) is 1.92. The Morgan fingerprint density at radius 3 is 2.12 bits per heavy atom. The second-order valence-corrected chi connectivity index (χ2v) is 6.09. The average molecular weight is 252 g/mol. The molecule has 1 amide bonds. The van der Waals surface area contributed by atoms with Gasteiger partial charge in [-0.2, -0.15) is 4.31 Å². The number of rotatable bonds is 5. The van der Waals surface area contributed by atoms with Crippen molar-refractivity contribution in [1.29, 1.82) is 0 Å².